The van der Waals surface area contributed by atoms with Gasteiger partial charge in [-0.2, -0.15) is 0 Å². The van der Waals surface area contributed by atoms with Crippen LogP contribution in [0.25, 0.3) is 0 Å². The Morgan fingerprint density at radius 1 is 1.33 bits per heavy atom. The minimum Gasteiger partial charge on any atom is -0.368 e. The highest BCUT2D eigenvalue weighted by Gasteiger charge is 2.26. The van der Waals surface area contributed by atoms with Crippen molar-refractivity contribution >= 4 is 21.6 Å². The fourth-order valence-corrected chi connectivity index (χ4v) is 3.94. The number of piperidine rings is 1. The van der Waals surface area contributed by atoms with Gasteiger partial charge in [-0.3, -0.25) is 0 Å². The van der Waals surface area contributed by atoms with Gasteiger partial charge in [-0.05, 0) is 73.8 Å². The predicted molar refractivity (Wildman–Crippen MR) is 82.5 cm³/mol. The zero-order chi connectivity index (χ0) is 13.3. The van der Waals surface area contributed by atoms with E-state index in [1.54, 1.807) is 0 Å². The highest BCUT2D eigenvalue weighted by Crippen LogP contribution is 2.35. The molecule has 1 aromatic rings. The van der Waals surface area contributed by atoms with Crippen LogP contribution < -0.4 is 10.2 Å². The zero-order valence-corrected chi connectivity index (χ0v) is 13.3. The number of aryl methyl sites for hydroxylation is 2. The van der Waals surface area contributed by atoms with Gasteiger partial charge in [0.05, 0.1) is 5.69 Å². The van der Waals surface area contributed by atoms with E-state index in [2.05, 4.69) is 66.1 Å². The van der Waals surface area contributed by atoms with Crippen molar-refractivity contribution < 1.29 is 0 Å². The molecule has 18 heavy (non-hydrogen) atoms. The van der Waals surface area contributed by atoms with Gasteiger partial charge < -0.3 is 10.2 Å². The van der Waals surface area contributed by atoms with E-state index in [0.717, 1.165) is 6.54 Å². The van der Waals surface area contributed by atoms with E-state index in [1.807, 2.05) is 0 Å². The number of nitrogens with zero attached hydrogens (tertiary/aromatic N) is 1. The van der Waals surface area contributed by atoms with E-state index < -0.39 is 0 Å². The van der Waals surface area contributed by atoms with Crippen molar-refractivity contribution in [2.45, 2.75) is 45.7 Å². The Morgan fingerprint density at radius 3 is 2.61 bits per heavy atom. The van der Waals surface area contributed by atoms with Crippen molar-refractivity contribution in [2.75, 3.05) is 18.5 Å². The lowest BCUT2D eigenvalue weighted by molar-refractivity contribution is 0.386. The van der Waals surface area contributed by atoms with Crippen molar-refractivity contribution in [2.24, 2.45) is 0 Å². The standard InChI is InChI=1S/C15H23BrN2/c1-10-7-11(2)15(14(16)8-10)18-6-5-13(17-4)9-12(18)3/h7-8,12-13,17H,5-6,9H2,1-4H3. The van der Waals surface area contributed by atoms with Crippen molar-refractivity contribution in [1.29, 1.82) is 0 Å². The Hall–Kier alpha value is -0.540. The lowest BCUT2D eigenvalue weighted by atomic mass is 9.96. The summed E-state index contributed by atoms with van der Waals surface area (Å²) in [7, 11) is 2.07. The van der Waals surface area contributed by atoms with Gasteiger partial charge in [-0.1, -0.05) is 6.07 Å². The van der Waals surface area contributed by atoms with Gasteiger partial charge in [-0.25, -0.2) is 0 Å². The average molecular weight is 311 g/mol. The molecule has 1 N–H and O–H groups in total. The molecule has 1 fully saturated rings. The number of anilines is 1. The van der Waals surface area contributed by atoms with Crippen LogP contribution in [0.2, 0.25) is 0 Å². The molecule has 2 rings (SSSR count). The first-order valence-corrected chi connectivity index (χ1v) is 7.53. The fourth-order valence-electron chi connectivity index (χ4n) is 3.04. The number of hydrogen-bond donors (Lipinski definition) is 1. The van der Waals surface area contributed by atoms with Crippen LogP contribution in [0.15, 0.2) is 16.6 Å². The van der Waals surface area contributed by atoms with E-state index >= 15 is 0 Å². The van der Waals surface area contributed by atoms with Crippen molar-refractivity contribution in [3.05, 3.63) is 27.7 Å². The molecule has 2 nitrogen and oxygen atoms in total. The van der Waals surface area contributed by atoms with Crippen LogP contribution >= 0.6 is 15.9 Å². The van der Waals surface area contributed by atoms with E-state index in [4.69, 9.17) is 0 Å². The van der Waals surface area contributed by atoms with Gasteiger partial charge in [0.2, 0.25) is 0 Å². The normalized spacial score (nSPS) is 24.4. The molecule has 0 aliphatic carbocycles. The van der Waals surface area contributed by atoms with Gasteiger partial charge in [0.1, 0.15) is 0 Å². The van der Waals surface area contributed by atoms with Crippen LogP contribution in [0, 0.1) is 13.8 Å². The van der Waals surface area contributed by atoms with E-state index in [-0.39, 0.29) is 0 Å². The first-order valence-electron chi connectivity index (χ1n) is 6.73. The van der Waals surface area contributed by atoms with Crippen LogP contribution in [0.1, 0.15) is 30.9 Å². The van der Waals surface area contributed by atoms with E-state index in [0.29, 0.717) is 12.1 Å². The molecule has 2 atom stereocenters. The number of hydrogen-bond acceptors (Lipinski definition) is 2. The van der Waals surface area contributed by atoms with E-state index in [1.165, 1.54) is 34.1 Å². The molecule has 0 saturated carbocycles. The molecular formula is C15H23BrN2. The summed E-state index contributed by atoms with van der Waals surface area (Å²) in [5, 5.41) is 3.41. The maximum absolute atomic E-state index is 3.74. The molecule has 1 heterocycles. The summed E-state index contributed by atoms with van der Waals surface area (Å²) < 4.78 is 1.23. The van der Waals surface area contributed by atoms with Crippen LogP contribution in [-0.4, -0.2) is 25.7 Å². The van der Waals surface area contributed by atoms with Gasteiger partial charge in [0.15, 0.2) is 0 Å². The largest absolute Gasteiger partial charge is 0.368 e. The number of rotatable bonds is 2. The summed E-state index contributed by atoms with van der Waals surface area (Å²) in [5.41, 5.74) is 4.07. The second-order valence-corrected chi connectivity index (χ2v) is 6.32. The molecule has 0 amide bonds. The van der Waals surface area contributed by atoms with Gasteiger partial charge >= 0.3 is 0 Å². The number of halogens is 1. The zero-order valence-electron chi connectivity index (χ0n) is 11.8. The highest BCUT2D eigenvalue weighted by atomic mass is 79.9. The molecule has 2 unspecified atom stereocenters. The van der Waals surface area contributed by atoms with Gasteiger partial charge in [0.25, 0.3) is 0 Å². The Morgan fingerprint density at radius 2 is 2.06 bits per heavy atom. The Balaban J connectivity index is 2.27. The molecule has 0 aromatic heterocycles. The molecule has 1 aromatic carbocycles. The molecule has 1 saturated heterocycles. The third-order valence-corrected chi connectivity index (χ3v) is 4.57. The summed E-state index contributed by atoms with van der Waals surface area (Å²) >= 11 is 3.74. The minimum atomic E-state index is 0.592. The molecular weight excluding hydrogens is 288 g/mol. The summed E-state index contributed by atoms with van der Waals surface area (Å²) in [6.45, 7) is 7.83. The Bertz CT molecular complexity index is 407. The maximum atomic E-state index is 3.74. The minimum absolute atomic E-state index is 0.592. The lowest BCUT2D eigenvalue weighted by Gasteiger charge is -2.40. The first kappa shape index (κ1) is 13.9. The molecule has 0 radical (unpaired) electrons. The smallest absolute Gasteiger partial charge is 0.0542 e. The maximum Gasteiger partial charge on any atom is 0.0542 e. The van der Waals surface area contributed by atoms with Crippen LogP contribution in [-0.2, 0) is 0 Å². The third-order valence-electron chi connectivity index (χ3n) is 3.97. The van der Waals surface area contributed by atoms with Gasteiger partial charge in [-0.15, -0.1) is 0 Å². The van der Waals surface area contributed by atoms with Gasteiger partial charge in [0, 0.05) is 23.1 Å². The quantitative estimate of drug-likeness (QED) is 0.897. The summed E-state index contributed by atoms with van der Waals surface area (Å²) in [5.74, 6) is 0. The molecule has 0 bridgehead atoms. The van der Waals surface area contributed by atoms with E-state index in [9.17, 15) is 0 Å². The third kappa shape index (κ3) is 2.72. The monoisotopic (exact) mass is 310 g/mol. The van der Waals surface area contributed by atoms with Crippen LogP contribution in [0.4, 0.5) is 5.69 Å². The first-order chi connectivity index (χ1) is 8.52. The molecule has 1 aliphatic rings. The van der Waals surface area contributed by atoms with Crippen LogP contribution in [0.3, 0.4) is 0 Å². The number of nitrogens with one attached hydrogen (secondary N) is 1. The summed E-state index contributed by atoms with van der Waals surface area (Å²) in [6, 6.07) is 5.76. The summed E-state index contributed by atoms with van der Waals surface area (Å²) in [4.78, 5) is 2.55. The molecule has 1 aliphatic heterocycles. The molecule has 100 valence electrons. The summed E-state index contributed by atoms with van der Waals surface area (Å²) in [6.07, 6.45) is 2.44. The number of benzene rings is 1. The Kier molecular flexibility index (Phi) is 4.33. The fraction of sp³-hybridized carbons (Fsp3) is 0.600. The molecule has 0 spiro atoms. The Labute approximate surface area is 119 Å². The SMILES string of the molecule is CNC1CCN(c2c(C)cc(C)cc2Br)C(C)C1. The molecule has 3 heteroatoms. The second-order valence-electron chi connectivity index (χ2n) is 5.46. The van der Waals surface area contributed by atoms with Crippen molar-refractivity contribution in [3.8, 4) is 0 Å². The topological polar surface area (TPSA) is 15.3 Å². The average Bonchev–Trinajstić information content (AvgIpc) is 2.29. The van der Waals surface area contributed by atoms with Crippen molar-refractivity contribution in [1.82, 2.24) is 5.32 Å². The predicted octanol–water partition coefficient (Wildman–Crippen LogP) is 3.64. The van der Waals surface area contributed by atoms with Crippen molar-refractivity contribution in [3.63, 3.8) is 0 Å². The van der Waals surface area contributed by atoms with Crippen LogP contribution in [0.5, 0.6) is 0 Å². The lowest BCUT2D eigenvalue weighted by Crippen LogP contribution is -2.47. The highest BCUT2D eigenvalue weighted by molar-refractivity contribution is 9.10. The second kappa shape index (κ2) is 5.62.